The number of rotatable bonds is 10. The first-order valence-corrected chi connectivity index (χ1v) is 18.0. The van der Waals surface area contributed by atoms with Crippen molar-refractivity contribution in [3.05, 3.63) is 98.7 Å². The quantitative estimate of drug-likeness (QED) is 0.279. The average Bonchev–Trinajstić information content (AvgIpc) is 3.15. The molecular weight excluding hydrogens is 661 g/mol. The monoisotopic (exact) mass is 701 g/mol. The molecule has 2 aliphatic heterocycles. The third-order valence-corrected chi connectivity index (χ3v) is 11.5. The second kappa shape index (κ2) is 14.8. The molecule has 0 saturated carbocycles. The van der Waals surface area contributed by atoms with Crippen molar-refractivity contribution in [3.8, 4) is 0 Å². The van der Waals surface area contributed by atoms with Crippen molar-refractivity contribution in [1.29, 1.82) is 0 Å². The van der Waals surface area contributed by atoms with Crippen LogP contribution in [0.3, 0.4) is 0 Å². The van der Waals surface area contributed by atoms with Gasteiger partial charge in [-0.2, -0.15) is 4.31 Å². The number of sulfonamides is 1. The fourth-order valence-corrected chi connectivity index (χ4v) is 8.63. The number of carbonyl (C=O) groups is 2. The van der Waals surface area contributed by atoms with Crippen molar-refractivity contribution in [2.24, 2.45) is 0 Å². The Morgan fingerprint density at radius 2 is 1.83 bits per heavy atom. The van der Waals surface area contributed by atoms with Crippen LogP contribution in [0.2, 0.25) is 5.02 Å². The maximum atomic E-state index is 15.4. The fraction of sp³-hybridized carbons (Fsp3) is 0.441. The molecule has 3 heterocycles. The van der Waals surface area contributed by atoms with Crippen LogP contribution in [0.1, 0.15) is 61.8 Å². The lowest BCUT2D eigenvalue weighted by Crippen LogP contribution is -2.57. The lowest BCUT2D eigenvalue weighted by Gasteiger charge is -2.37. The van der Waals surface area contributed by atoms with Gasteiger partial charge in [-0.25, -0.2) is 17.6 Å². The number of halogens is 2. The van der Waals surface area contributed by atoms with Crippen LogP contribution in [0.15, 0.2) is 65.6 Å². The molecule has 5 rings (SSSR count). The molecule has 2 aliphatic rings. The molecule has 3 unspecified atom stereocenters. The number of aromatic nitrogens is 1. The van der Waals surface area contributed by atoms with Crippen molar-refractivity contribution < 1.29 is 27.5 Å². The van der Waals surface area contributed by atoms with E-state index in [0.29, 0.717) is 42.1 Å². The standard InChI is InChI=1S/C34H41ClFN5O6S/c1-21(2)40-19-23(11-16-30(40)42)31(22-9-12-24(35)13-10-22)32(39(3)34(44)45)33(43)38-29-8-4-7-28(36)27(29)15-14-26-18-37-25-6-5-17-48(46,47)41(26)20-25/h4,7-13,16,19,21,25-26,31-32,37H,5-6,14-15,17-18,20H2,1-3H3,(H,38,43)(H,44,45)/t25?,26?,31-,32-/m0/s1. The van der Waals surface area contributed by atoms with E-state index >= 15 is 4.39 Å². The molecule has 48 heavy (non-hydrogen) atoms. The number of carboxylic acid groups (broad SMARTS) is 1. The molecule has 1 aromatic heterocycles. The minimum absolute atomic E-state index is 0.0741. The molecule has 2 saturated heterocycles. The summed E-state index contributed by atoms with van der Waals surface area (Å²) in [7, 11) is -2.17. The Hall–Kier alpha value is -3.78. The van der Waals surface area contributed by atoms with Gasteiger partial charge >= 0.3 is 6.09 Å². The Bertz CT molecular complexity index is 1820. The highest BCUT2D eigenvalue weighted by molar-refractivity contribution is 7.89. The first-order chi connectivity index (χ1) is 22.8. The maximum absolute atomic E-state index is 15.4. The third kappa shape index (κ3) is 7.75. The summed E-state index contributed by atoms with van der Waals surface area (Å²) in [5.74, 6) is -2.11. The molecule has 5 atom stereocenters. The molecule has 258 valence electrons. The minimum atomic E-state index is -3.45. The Kier molecular flexibility index (Phi) is 10.9. The molecule has 14 heteroatoms. The molecule has 2 bridgehead atoms. The van der Waals surface area contributed by atoms with E-state index in [1.165, 1.54) is 34.1 Å². The number of benzene rings is 2. The van der Waals surface area contributed by atoms with Gasteiger partial charge in [0, 0.05) is 72.7 Å². The summed E-state index contributed by atoms with van der Waals surface area (Å²) in [5, 5.41) is 16.8. The van der Waals surface area contributed by atoms with Gasteiger partial charge in [0.05, 0.1) is 5.75 Å². The summed E-state index contributed by atoms with van der Waals surface area (Å²) < 4.78 is 44.5. The largest absolute Gasteiger partial charge is 0.465 e. The number of piperazine rings is 1. The number of amides is 2. The first kappa shape index (κ1) is 35.5. The van der Waals surface area contributed by atoms with E-state index < -0.39 is 39.8 Å². The zero-order chi connectivity index (χ0) is 34.7. The molecular formula is C34H41ClFN5O6S. The smallest absolute Gasteiger partial charge is 0.407 e. The number of nitrogens with one attached hydrogen (secondary N) is 2. The highest BCUT2D eigenvalue weighted by Crippen LogP contribution is 2.34. The zero-order valence-electron chi connectivity index (χ0n) is 27.1. The number of hydrogen-bond donors (Lipinski definition) is 3. The minimum Gasteiger partial charge on any atom is -0.465 e. The first-order valence-electron chi connectivity index (χ1n) is 16.0. The Balaban J connectivity index is 1.50. The van der Waals surface area contributed by atoms with Gasteiger partial charge in [0.15, 0.2) is 0 Å². The number of carbonyl (C=O) groups excluding carboxylic acids is 1. The van der Waals surface area contributed by atoms with E-state index in [-0.39, 0.29) is 47.1 Å². The summed E-state index contributed by atoms with van der Waals surface area (Å²) in [5.41, 5.74) is 1.18. The highest BCUT2D eigenvalue weighted by Gasteiger charge is 2.39. The number of nitrogens with zero attached hydrogens (tertiary/aromatic N) is 3. The van der Waals surface area contributed by atoms with Crippen molar-refractivity contribution in [3.63, 3.8) is 0 Å². The summed E-state index contributed by atoms with van der Waals surface area (Å²) in [6, 6.07) is 12.0. The van der Waals surface area contributed by atoms with Crippen molar-refractivity contribution >= 4 is 39.3 Å². The Morgan fingerprint density at radius 1 is 1.12 bits per heavy atom. The second-order valence-corrected chi connectivity index (χ2v) is 15.2. The van der Waals surface area contributed by atoms with Gasteiger partial charge in [0.2, 0.25) is 15.9 Å². The number of pyridine rings is 1. The van der Waals surface area contributed by atoms with Crippen LogP contribution in [0.4, 0.5) is 14.9 Å². The van der Waals surface area contributed by atoms with Crippen LogP contribution in [0.25, 0.3) is 0 Å². The third-order valence-electron chi connectivity index (χ3n) is 9.28. The average molecular weight is 702 g/mol. The van der Waals surface area contributed by atoms with E-state index in [2.05, 4.69) is 10.6 Å². The Morgan fingerprint density at radius 3 is 2.52 bits per heavy atom. The van der Waals surface area contributed by atoms with Gasteiger partial charge in [-0.05, 0) is 74.9 Å². The van der Waals surface area contributed by atoms with E-state index in [4.69, 9.17) is 11.6 Å². The summed E-state index contributed by atoms with van der Waals surface area (Å²) in [6.07, 6.45) is 2.04. The van der Waals surface area contributed by atoms with Gasteiger partial charge in [0.1, 0.15) is 11.9 Å². The van der Waals surface area contributed by atoms with Crippen LogP contribution < -0.4 is 16.2 Å². The summed E-state index contributed by atoms with van der Waals surface area (Å²) >= 11 is 6.18. The lowest BCUT2D eigenvalue weighted by atomic mass is 9.84. The molecule has 0 radical (unpaired) electrons. The van der Waals surface area contributed by atoms with Gasteiger partial charge < -0.3 is 20.3 Å². The van der Waals surface area contributed by atoms with Crippen molar-refractivity contribution in [1.82, 2.24) is 19.1 Å². The summed E-state index contributed by atoms with van der Waals surface area (Å²) in [6.45, 7) is 4.48. The van der Waals surface area contributed by atoms with Crippen LogP contribution >= 0.6 is 11.6 Å². The number of fused-ring (bicyclic) bond motifs is 2. The fourth-order valence-electron chi connectivity index (χ4n) is 6.70. The van der Waals surface area contributed by atoms with E-state index in [0.717, 1.165) is 11.3 Å². The van der Waals surface area contributed by atoms with Gasteiger partial charge in [0.25, 0.3) is 5.56 Å². The molecule has 0 aliphatic carbocycles. The maximum Gasteiger partial charge on any atom is 0.407 e. The van der Waals surface area contributed by atoms with Crippen LogP contribution in [0.5, 0.6) is 0 Å². The molecule has 2 aromatic carbocycles. The highest BCUT2D eigenvalue weighted by atomic mass is 35.5. The van der Waals surface area contributed by atoms with Crippen LogP contribution in [0, 0.1) is 5.82 Å². The van der Waals surface area contributed by atoms with E-state index in [1.54, 1.807) is 42.6 Å². The van der Waals surface area contributed by atoms with Gasteiger partial charge in [-0.3, -0.25) is 14.5 Å². The summed E-state index contributed by atoms with van der Waals surface area (Å²) in [4.78, 5) is 40.3. The van der Waals surface area contributed by atoms with Gasteiger partial charge in [-0.15, -0.1) is 0 Å². The predicted octanol–water partition coefficient (Wildman–Crippen LogP) is 4.67. The zero-order valence-corrected chi connectivity index (χ0v) is 28.7. The lowest BCUT2D eigenvalue weighted by molar-refractivity contribution is -0.120. The normalized spacial score (nSPS) is 21.6. The topological polar surface area (TPSA) is 141 Å². The van der Waals surface area contributed by atoms with E-state index in [1.807, 2.05) is 13.8 Å². The number of anilines is 1. The number of hydrogen-bond acceptors (Lipinski definition) is 6. The predicted molar refractivity (Wildman–Crippen MR) is 183 cm³/mol. The Labute approximate surface area is 284 Å². The van der Waals surface area contributed by atoms with Crippen molar-refractivity contribution in [2.75, 3.05) is 31.2 Å². The molecule has 3 N–H and O–H groups in total. The molecule has 11 nitrogen and oxygen atoms in total. The van der Waals surface area contributed by atoms with Crippen LogP contribution in [-0.4, -0.2) is 83.3 Å². The van der Waals surface area contributed by atoms with Crippen LogP contribution in [-0.2, 0) is 21.2 Å². The van der Waals surface area contributed by atoms with Crippen molar-refractivity contribution in [2.45, 2.75) is 69.6 Å². The SMILES string of the molecule is CC(C)n1cc([C@H](c2ccc(Cl)cc2)[C@@H](C(=O)Nc2cccc(F)c2CCC2CNC3CCCS(=O)(=O)N2C3)N(C)C(=O)O)ccc1=O. The molecule has 2 fully saturated rings. The molecule has 2 amide bonds. The van der Waals surface area contributed by atoms with E-state index in [9.17, 15) is 27.9 Å². The van der Waals surface area contributed by atoms with Gasteiger partial charge in [-0.1, -0.05) is 35.9 Å². The molecule has 0 spiro atoms. The second-order valence-electron chi connectivity index (χ2n) is 12.8. The molecule has 3 aromatic rings. The number of likely N-dealkylation sites (N-methyl/N-ethyl adjacent to an activating group) is 1.